The van der Waals surface area contributed by atoms with Gasteiger partial charge in [0.1, 0.15) is 6.10 Å². The summed E-state index contributed by atoms with van der Waals surface area (Å²) in [5.74, 6) is 2.36. The van der Waals surface area contributed by atoms with Crippen molar-refractivity contribution >= 4 is 14.0 Å². The molecule has 0 spiro atoms. The molecule has 2 aliphatic rings. The van der Waals surface area contributed by atoms with Crippen LogP contribution in [0.5, 0.6) is 0 Å². The quantitative estimate of drug-likeness (QED) is 0.567. The number of hydrogen-bond donors (Lipinski definition) is 0. The van der Waals surface area contributed by atoms with Gasteiger partial charge in [-0.2, -0.15) is 0 Å². The van der Waals surface area contributed by atoms with Crippen LogP contribution in [0.4, 0.5) is 0 Å². The van der Waals surface area contributed by atoms with Gasteiger partial charge in [-0.1, -0.05) is 32.1 Å². The topological polar surface area (TPSA) is 26.3 Å². The van der Waals surface area contributed by atoms with Crippen LogP contribution in [-0.2, 0) is 9.53 Å². The third kappa shape index (κ3) is 3.12. The first-order valence-corrected chi connectivity index (χ1v) is 10.7. The molecule has 2 fully saturated rings. The van der Waals surface area contributed by atoms with Crippen molar-refractivity contribution in [1.82, 2.24) is 0 Å². The van der Waals surface area contributed by atoms with Crippen molar-refractivity contribution in [3.63, 3.8) is 0 Å². The number of rotatable bonds is 3. The summed E-state index contributed by atoms with van der Waals surface area (Å²) < 4.78 is 5.48. The van der Waals surface area contributed by atoms with E-state index in [-0.39, 0.29) is 12.1 Å². The Morgan fingerprint density at radius 3 is 2.35 bits per heavy atom. The highest BCUT2D eigenvalue weighted by molar-refractivity contribution is 6.76. The maximum Gasteiger partial charge on any atom is 0.302 e. The summed E-state index contributed by atoms with van der Waals surface area (Å²) in [6, 6.07) is 1.46. The van der Waals surface area contributed by atoms with E-state index >= 15 is 0 Å². The first-order chi connectivity index (χ1) is 7.87. The first kappa shape index (κ1) is 13.1. The predicted molar refractivity (Wildman–Crippen MR) is 72.6 cm³/mol. The summed E-state index contributed by atoms with van der Waals surface area (Å²) in [6.45, 7) is 8.96. The molecule has 0 aromatic carbocycles. The van der Waals surface area contributed by atoms with Gasteiger partial charge in [0.2, 0.25) is 0 Å². The van der Waals surface area contributed by atoms with Crippen LogP contribution in [0.2, 0.25) is 25.7 Å². The van der Waals surface area contributed by atoms with Gasteiger partial charge in [0.05, 0.1) is 0 Å². The number of hydrogen-bond acceptors (Lipinski definition) is 2. The largest absolute Gasteiger partial charge is 0.462 e. The van der Waals surface area contributed by atoms with Gasteiger partial charge in [0.25, 0.3) is 0 Å². The zero-order valence-electron chi connectivity index (χ0n) is 11.7. The molecule has 0 bridgehead atoms. The molecule has 0 aromatic rings. The predicted octanol–water partition coefficient (Wildman–Crippen LogP) is 3.69. The van der Waals surface area contributed by atoms with E-state index in [1.54, 1.807) is 6.92 Å². The molecule has 4 atom stereocenters. The Hall–Kier alpha value is -0.313. The minimum atomic E-state index is -0.944. The molecule has 0 N–H and O–H groups in total. The summed E-state index contributed by atoms with van der Waals surface area (Å²) in [6.07, 6.45) is 5.30. The number of ether oxygens (including phenoxy) is 1. The molecule has 4 unspecified atom stereocenters. The fraction of sp³-hybridized carbons (Fsp3) is 0.929. The molecule has 0 heterocycles. The van der Waals surface area contributed by atoms with Crippen LogP contribution in [0.15, 0.2) is 0 Å². The van der Waals surface area contributed by atoms with Crippen molar-refractivity contribution in [1.29, 1.82) is 0 Å². The van der Waals surface area contributed by atoms with Crippen LogP contribution in [0.3, 0.4) is 0 Å². The van der Waals surface area contributed by atoms with Crippen molar-refractivity contribution in [2.75, 3.05) is 0 Å². The lowest BCUT2D eigenvalue weighted by molar-refractivity contribution is -0.148. The van der Waals surface area contributed by atoms with E-state index in [1.807, 2.05) is 0 Å². The molecule has 0 aromatic heterocycles. The minimum absolute atomic E-state index is 0.0932. The summed E-state index contributed by atoms with van der Waals surface area (Å²) >= 11 is 0. The van der Waals surface area contributed by atoms with Crippen LogP contribution in [0, 0.1) is 17.8 Å². The lowest BCUT2D eigenvalue weighted by Gasteiger charge is -2.26. The van der Waals surface area contributed by atoms with Crippen molar-refractivity contribution in [2.45, 2.75) is 64.4 Å². The highest BCUT2D eigenvalue weighted by Gasteiger charge is 2.46. The van der Waals surface area contributed by atoms with Gasteiger partial charge in [0, 0.05) is 15.0 Å². The second-order valence-electron chi connectivity index (χ2n) is 7.16. The Morgan fingerprint density at radius 1 is 1.12 bits per heavy atom. The van der Waals surface area contributed by atoms with E-state index in [1.165, 1.54) is 25.3 Å². The summed E-state index contributed by atoms with van der Waals surface area (Å²) in [5, 5.41) is 0. The summed E-state index contributed by atoms with van der Waals surface area (Å²) in [7, 11) is -0.944. The van der Waals surface area contributed by atoms with E-state index in [2.05, 4.69) is 19.6 Å². The molecule has 0 saturated heterocycles. The maximum absolute atomic E-state index is 11.1. The van der Waals surface area contributed by atoms with E-state index in [4.69, 9.17) is 4.74 Å². The molecule has 2 nitrogen and oxygen atoms in total. The van der Waals surface area contributed by atoms with E-state index in [0.717, 1.165) is 18.3 Å². The minimum Gasteiger partial charge on any atom is -0.462 e. The maximum atomic E-state index is 11.1. The average molecular weight is 254 g/mol. The standard InChI is InChI=1S/C14H26O2Si/c1-10(15)16-14-8-7-12-11(5-6-13(12)14)9-17(2,3)4/h11-14H,5-9H2,1-4H3. The SMILES string of the molecule is CC(=O)OC1CCC2C(C[Si](C)(C)C)CCC12. The Kier molecular flexibility index (Phi) is 3.67. The van der Waals surface area contributed by atoms with Gasteiger partial charge in [-0.25, -0.2) is 0 Å². The lowest BCUT2D eigenvalue weighted by Crippen LogP contribution is -2.27. The normalized spacial score (nSPS) is 36.9. The lowest BCUT2D eigenvalue weighted by atomic mass is 9.93. The molecule has 0 radical (unpaired) electrons. The number of carbonyl (C=O) groups excluding carboxylic acids is 1. The second-order valence-corrected chi connectivity index (χ2v) is 12.7. The third-order valence-corrected chi connectivity index (χ3v) is 6.23. The van der Waals surface area contributed by atoms with E-state index in [0.29, 0.717) is 5.92 Å². The van der Waals surface area contributed by atoms with Crippen LogP contribution in [0.25, 0.3) is 0 Å². The van der Waals surface area contributed by atoms with Crippen LogP contribution < -0.4 is 0 Å². The van der Waals surface area contributed by atoms with Crippen LogP contribution >= 0.6 is 0 Å². The zero-order valence-corrected chi connectivity index (χ0v) is 12.7. The number of esters is 1. The zero-order chi connectivity index (χ0) is 12.6. The van der Waals surface area contributed by atoms with Gasteiger partial charge in [-0.15, -0.1) is 0 Å². The van der Waals surface area contributed by atoms with Gasteiger partial charge in [-0.3, -0.25) is 4.79 Å². The summed E-state index contributed by atoms with van der Waals surface area (Å²) in [5.41, 5.74) is 0. The Bertz CT molecular complexity index is 295. The monoisotopic (exact) mass is 254 g/mol. The van der Waals surface area contributed by atoms with Crippen LogP contribution in [-0.4, -0.2) is 20.1 Å². The smallest absolute Gasteiger partial charge is 0.302 e. The molecule has 0 aliphatic heterocycles. The third-order valence-electron chi connectivity index (χ3n) is 4.48. The van der Waals surface area contributed by atoms with Crippen LogP contribution in [0.1, 0.15) is 32.6 Å². The molecule has 17 heavy (non-hydrogen) atoms. The molecule has 2 rings (SSSR count). The second kappa shape index (κ2) is 4.75. The molecule has 0 amide bonds. The molecule has 2 aliphatic carbocycles. The van der Waals surface area contributed by atoms with Crippen molar-refractivity contribution in [2.24, 2.45) is 17.8 Å². The fourth-order valence-electron chi connectivity index (χ4n) is 4.07. The van der Waals surface area contributed by atoms with Gasteiger partial charge >= 0.3 is 5.97 Å². The molecule has 98 valence electrons. The number of carbonyl (C=O) groups is 1. The van der Waals surface area contributed by atoms with Crippen molar-refractivity contribution in [3.8, 4) is 0 Å². The van der Waals surface area contributed by atoms with Crippen molar-refractivity contribution in [3.05, 3.63) is 0 Å². The van der Waals surface area contributed by atoms with E-state index in [9.17, 15) is 4.79 Å². The van der Waals surface area contributed by atoms with Gasteiger partial charge in [0.15, 0.2) is 0 Å². The number of fused-ring (bicyclic) bond motifs is 1. The molecular weight excluding hydrogens is 228 g/mol. The summed E-state index contributed by atoms with van der Waals surface area (Å²) in [4.78, 5) is 11.1. The highest BCUT2D eigenvalue weighted by atomic mass is 28.3. The van der Waals surface area contributed by atoms with Crippen molar-refractivity contribution < 1.29 is 9.53 Å². The highest BCUT2D eigenvalue weighted by Crippen LogP contribution is 2.51. The van der Waals surface area contributed by atoms with Gasteiger partial charge < -0.3 is 4.74 Å². The molecule has 2 saturated carbocycles. The Balaban J connectivity index is 1.95. The van der Waals surface area contributed by atoms with E-state index < -0.39 is 8.07 Å². The molecule has 3 heteroatoms. The first-order valence-electron chi connectivity index (χ1n) is 7.04. The molecular formula is C14H26O2Si. The van der Waals surface area contributed by atoms with Gasteiger partial charge in [-0.05, 0) is 37.0 Å². The average Bonchev–Trinajstić information content (AvgIpc) is 2.68. The Morgan fingerprint density at radius 2 is 1.76 bits per heavy atom. The fourth-order valence-corrected chi connectivity index (χ4v) is 6.15. The Labute approximate surface area is 106 Å².